The van der Waals surface area contributed by atoms with Gasteiger partial charge in [0.1, 0.15) is 6.61 Å². The highest BCUT2D eigenvalue weighted by Crippen LogP contribution is 2.49. The zero-order chi connectivity index (χ0) is 14.2. The summed E-state index contributed by atoms with van der Waals surface area (Å²) in [6.07, 6.45) is 1.60. The van der Waals surface area contributed by atoms with Crippen LogP contribution >= 0.6 is 7.60 Å². The molecule has 0 amide bonds. The molecule has 8 heteroatoms. The number of hydrogen-bond acceptors (Lipinski definition) is 5. The van der Waals surface area contributed by atoms with E-state index in [4.69, 9.17) is 5.11 Å². The monoisotopic (exact) mass is 278 g/mol. The summed E-state index contributed by atoms with van der Waals surface area (Å²) in [6, 6.07) is 0. The van der Waals surface area contributed by atoms with Crippen LogP contribution in [0.1, 0.15) is 6.42 Å². The van der Waals surface area contributed by atoms with Crippen LogP contribution in [0.2, 0.25) is 0 Å². The van der Waals surface area contributed by atoms with Gasteiger partial charge in [0.05, 0.1) is 13.0 Å². The van der Waals surface area contributed by atoms with Gasteiger partial charge >= 0.3 is 19.5 Å². The molecule has 0 spiro atoms. The van der Waals surface area contributed by atoms with Crippen LogP contribution in [0.25, 0.3) is 0 Å². The fraction of sp³-hybridized carbons (Fsp3) is 0.400. The first-order valence-electron chi connectivity index (χ1n) is 4.92. The average Bonchev–Trinajstić information content (AvgIpc) is 2.30. The molecular weight excluding hydrogens is 263 g/mol. The van der Waals surface area contributed by atoms with E-state index in [2.05, 4.69) is 22.4 Å². The SMILES string of the molecule is C=CCOC(=O)C(CC(=O)O)P(=O)(O)OCC=C. The third-order valence-electron chi connectivity index (χ3n) is 1.75. The van der Waals surface area contributed by atoms with Gasteiger partial charge < -0.3 is 19.3 Å². The Balaban J connectivity index is 4.90. The lowest BCUT2D eigenvalue weighted by atomic mass is 10.3. The van der Waals surface area contributed by atoms with Gasteiger partial charge in [-0.15, -0.1) is 6.58 Å². The van der Waals surface area contributed by atoms with E-state index in [-0.39, 0.29) is 13.2 Å². The van der Waals surface area contributed by atoms with Gasteiger partial charge in [-0.25, -0.2) is 0 Å². The normalized spacial score (nSPS) is 15.2. The standard InChI is InChI=1S/C10H15O7P/c1-3-5-16-10(13)8(7-9(11)12)18(14,15)17-6-4-2/h3-4,8H,1-2,5-7H2,(H,11,12)(H,14,15). The summed E-state index contributed by atoms with van der Waals surface area (Å²) in [5, 5.41) is 8.61. The van der Waals surface area contributed by atoms with Crippen molar-refractivity contribution in [2.45, 2.75) is 12.1 Å². The van der Waals surface area contributed by atoms with Crippen LogP contribution < -0.4 is 0 Å². The largest absolute Gasteiger partial charge is 0.481 e. The molecule has 0 saturated heterocycles. The van der Waals surface area contributed by atoms with E-state index in [0.717, 1.165) is 0 Å². The van der Waals surface area contributed by atoms with E-state index < -0.39 is 31.6 Å². The first-order chi connectivity index (χ1) is 8.35. The fourth-order valence-electron chi connectivity index (χ4n) is 0.984. The lowest BCUT2D eigenvalue weighted by Crippen LogP contribution is -2.27. The predicted octanol–water partition coefficient (Wildman–Crippen LogP) is 0.947. The average molecular weight is 278 g/mol. The Kier molecular flexibility index (Phi) is 7.19. The van der Waals surface area contributed by atoms with Crippen LogP contribution in [-0.2, 0) is 23.4 Å². The maximum absolute atomic E-state index is 11.7. The van der Waals surface area contributed by atoms with E-state index in [1.165, 1.54) is 12.2 Å². The summed E-state index contributed by atoms with van der Waals surface area (Å²) in [5.41, 5.74) is -1.77. The Labute approximate surface area is 104 Å². The second-order valence-corrected chi connectivity index (χ2v) is 5.19. The van der Waals surface area contributed by atoms with Crippen molar-refractivity contribution < 1.29 is 33.4 Å². The smallest absolute Gasteiger partial charge is 0.343 e. The Hall–Kier alpha value is -1.43. The van der Waals surface area contributed by atoms with Crippen molar-refractivity contribution in [2.75, 3.05) is 13.2 Å². The lowest BCUT2D eigenvalue weighted by molar-refractivity contribution is -0.146. The second-order valence-electron chi connectivity index (χ2n) is 3.18. The minimum atomic E-state index is -4.43. The number of ether oxygens (including phenoxy) is 1. The highest BCUT2D eigenvalue weighted by molar-refractivity contribution is 7.54. The number of carboxylic acid groups (broad SMARTS) is 1. The molecule has 18 heavy (non-hydrogen) atoms. The number of esters is 1. The molecule has 0 aromatic heterocycles. The van der Waals surface area contributed by atoms with Gasteiger partial charge in [0.15, 0.2) is 5.66 Å². The van der Waals surface area contributed by atoms with Gasteiger partial charge in [-0.1, -0.05) is 18.7 Å². The molecule has 0 aliphatic heterocycles. The van der Waals surface area contributed by atoms with Crippen molar-refractivity contribution in [2.24, 2.45) is 0 Å². The molecule has 0 aromatic rings. The first kappa shape index (κ1) is 16.6. The van der Waals surface area contributed by atoms with E-state index in [1.54, 1.807) is 0 Å². The molecule has 2 N–H and O–H groups in total. The Morgan fingerprint density at radius 1 is 1.28 bits per heavy atom. The molecule has 0 bridgehead atoms. The van der Waals surface area contributed by atoms with Crippen LogP contribution in [-0.4, -0.2) is 40.8 Å². The summed E-state index contributed by atoms with van der Waals surface area (Å²) >= 11 is 0. The quantitative estimate of drug-likeness (QED) is 0.367. The molecule has 0 rings (SSSR count). The Morgan fingerprint density at radius 3 is 2.28 bits per heavy atom. The van der Waals surface area contributed by atoms with Crippen LogP contribution in [0, 0.1) is 0 Å². The molecular formula is C10H15O7P. The van der Waals surface area contributed by atoms with Crippen LogP contribution in [0.15, 0.2) is 25.3 Å². The molecule has 2 atom stereocenters. The topological polar surface area (TPSA) is 110 Å². The molecule has 2 unspecified atom stereocenters. The van der Waals surface area contributed by atoms with Crippen molar-refractivity contribution in [3.8, 4) is 0 Å². The molecule has 0 saturated carbocycles. The van der Waals surface area contributed by atoms with Crippen LogP contribution in [0.4, 0.5) is 0 Å². The number of carbonyl (C=O) groups is 2. The predicted molar refractivity (Wildman–Crippen MR) is 63.2 cm³/mol. The maximum Gasteiger partial charge on any atom is 0.343 e. The third kappa shape index (κ3) is 5.77. The Morgan fingerprint density at radius 2 is 1.83 bits per heavy atom. The molecule has 0 aliphatic rings. The number of aliphatic carboxylic acids is 1. The molecule has 0 radical (unpaired) electrons. The van der Waals surface area contributed by atoms with Crippen molar-refractivity contribution >= 4 is 19.5 Å². The molecule has 0 aromatic carbocycles. The number of carbonyl (C=O) groups excluding carboxylic acids is 1. The minimum absolute atomic E-state index is 0.184. The van der Waals surface area contributed by atoms with Gasteiger partial charge in [0, 0.05) is 0 Å². The van der Waals surface area contributed by atoms with Gasteiger partial charge in [0.25, 0.3) is 0 Å². The maximum atomic E-state index is 11.7. The first-order valence-corrected chi connectivity index (χ1v) is 6.57. The van der Waals surface area contributed by atoms with Gasteiger partial charge in [-0.05, 0) is 0 Å². The van der Waals surface area contributed by atoms with Gasteiger partial charge in [-0.3, -0.25) is 14.2 Å². The van der Waals surface area contributed by atoms with Crippen molar-refractivity contribution in [1.82, 2.24) is 0 Å². The summed E-state index contributed by atoms with van der Waals surface area (Å²) in [6.45, 7) is 6.11. The molecule has 0 heterocycles. The summed E-state index contributed by atoms with van der Waals surface area (Å²) in [7, 11) is -4.43. The van der Waals surface area contributed by atoms with E-state index in [1.807, 2.05) is 0 Å². The zero-order valence-corrected chi connectivity index (χ0v) is 10.5. The fourth-order valence-corrected chi connectivity index (χ4v) is 2.21. The molecule has 0 aliphatic carbocycles. The number of hydrogen-bond donors (Lipinski definition) is 2. The molecule has 102 valence electrons. The van der Waals surface area contributed by atoms with Crippen molar-refractivity contribution in [3.63, 3.8) is 0 Å². The molecule has 7 nitrogen and oxygen atoms in total. The lowest BCUT2D eigenvalue weighted by Gasteiger charge is -2.19. The third-order valence-corrected chi connectivity index (χ3v) is 3.45. The van der Waals surface area contributed by atoms with Crippen molar-refractivity contribution in [3.05, 3.63) is 25.3 Å². The second kappa shape index (κ2) is 7.81. The van der Waals surface area contributed by atoms with Crippen LogP contribution in [0.3, 0.4) is 0 Å². The number of rotatable bonds is 9. The minimum Gasteiger partial charge on any atom is -0.481 e. The zero-order valence-electron chi connectivity index (χ0n) is 9.65. The van der Waals surface area contributed by atoms with Crippen LogP contribution in [0.5, 0.6) is 0 Å². The summed E-state index contributed by atoms with van der Waals surface area (Å²) in [4.78, 5) is 31.6. The summed E-state index contributed by atoms with van der Waals surface area (Å²) < 4.78 is 20.8. The highest BCUT2D eigenvalue weighted by Gasteiger charge is 2.41. The van der Waals surface area contributed by atoms with Gasteiger partial charge in [0.2, 0.25) is 0 Å². The van der Waals surface area contributed by atoms with E-state index in [9.17, 15) is 19.0 Å². The van der Waals surface area contributed by atoms with E-state index >= 15 is 0 Å². The number of carboxylic acids is 1. The Bertz CT molecular complexity index is 376. The summed E-state index contributed by atoms with van der Waals surface area (Å²) in [5.74, 6) is -2.53. The van der Waals surface area contributed by atoms with Gasteiger partial charge in [-0.2, -0.15) is 0 Å². The van der Waals surface area contributed by atoms with Crippen molar-refractivity contribution in [1.29, 1.82) is 0 Å². The molecule has 0 fully saturated rings. The highest BCUT2D eigenvalue weighted by atomic mass is 31.2. The van der Waals surface area contributed by atoms with E-state index in [0.29, 0.717) is 0 Å².